The van der Waals surface area contributed by atoms with E-state index in [2.05, 4.69) is 4.72 Å². The molecule has 0 radical (unpaired) electrons. The summed E-state index contributed by atoms with van der Waals surface area (Å²) in [5.41, 5.74) is 1.11. The van der Waals surface area contributed by atoms with E-state index >= 15 is 0 Å². The van der Waals surface area contributed by atoms with Crippen molar-refractivity contribution in [3.63, 3.8) is 0 Å². The van der Waals surface area contributed by atoms with Crippen LogP contribution in [0.1, 0.15) is 25.0 Å². The molecule has 6 heteroatoms. The molecule has 0 aliphatic carbocycles. The first kappa shape index (κ1) is 18.4. The Morgan fingerprint density at radius 2 is 1.71 bits per heavy atom. The fourth-order valence-electron chi connectivity index (χ4n) is 2.20. The Labute approximate surface area is 143 Å². The van der Waals surface area contributed by atoms with Gasteiger partial charge in [-0.3, -0.25) is 0 Å². The van der Waals surface area contributed by atoms with Gasteiger partial charge in [-0.05, 0) is 43.2 Å². The molecule has 0 aliphatic rings. The van der Waals surface area contributed by atoms with Crippen LogP contribution in [0.15, 0.2) is 59.5 Å². The molecule has 0 bridgehead atoms. The van der Waals surface area contributed by atoms with E-state index in [-0.39, 0.29) is 11.0 Å². The van der Waals surface area contributed by atoms with E-state index in [1.54, 1.807) is 12.1 Å². The summed E-state index contributed by atoms with van der Waals surface area (Å²) in [6.07, 6.45) is 0.594. The summed E-state index contributed by atoms with van der Waals surface area (Å²) >= 11 is 0. The lowest BCUT2D eigenvalue weighted by Gasteiger charge is -2.13. The molecule has 0 saturated carbocycles. The van der Waals surface area contributed by atoms with Crippen LogP contribution >= 0.6 is 0 Å². The molecule has 0 fully saturated rings. The van der Waals surface area contributed by atoms with Gasteiger partial charge in [0.2, 0.25) is 10.0 Å². The van der Waals surface area contributed by atoms with Crippen molar-refractivity contribution in [2.75, 3.05) is 20.3 Å². The molecule has 130 valence electrons. The highest BCUT2D eigenvalue weighted by Gasteiger charge is 2.13. The zero-order chi connectivity index (χ0) is 17.4. The quantitative estimate of drug-likeness (QED) is 0.707. The lowest BCUT2D eigenvalue weighted by atomic mass is 10.1. The maximum atomic E-state index is 12.2. The fraction of sp³-hybridized carbons (Fsp3) is 0.333. The largest absolute Gasteiger partial charge is 0.497 e. The van der Waals surface area contributed by atoms with Gasteiger partial charge in [0.15, 0.2) is 0 Å². The summed E-state index contributed by atoms with van der Waals surface area (Å²) < 4.78 is 37.6. The average Bonchev–Trinajstić information content (AvgIpc) is 2.62. The van der Waals surface area contributed by atoms with Crippen molar-refractivity contribution in [3.05, 3.63) is 60.2 Å². The van der Waals surface area contributed by atoms with Gasteiger partial charge >= 0.3 is 0 Å². The molecular formula is C18H23NO4S. The third kappa shape index (κ3) is 5.33. The Hall–Kier alpha value is -1.89. The second-order valence-corrected chi connectivity index (χ2v) is 7.12. The van der Waals surface area contributed by atoms with Gasteiger partial charge in [0.1, 0.15) is 5.75 Å². The normalized spacial score (nSPS) is 12.8. The molecule has 0 heterocycles. The van der Waals surface area contributed by atoms with Gasteiger partial charge in [0.05, 0.1) is 18.1 Å². The van der Waals surface area contributed by atoms with Crippen molar-refractivity contribution in [3.8, 4) is 5.75 Å². The molecule has 2 aromatic carbocycles. The lowest BCUT2D eigenvalue weighted by Crippen LogP contribution is -2.25. The van der Waals surface area contributed by atoms with Crippen molar-refractivity contribution < 1.29 is 17.9 Å². The minimum Gasteiger partial charge on any atom is -0.497 e. The molecule has 0 saturated heterocycles. The first-order chi connectivity index (χ1) is 11.5. The van der Waals surface area contributed by atoms with Gasteiger partial charge in [0, 0.05) is 13.2 Å². The predicted octanol–water partition coefficient (Wildman–Crippen LogP) is 3.14. The first-order valence-corrected chi connectivity index (χ1v) is 9.31. The van der Waals surface area contributed by atoms with E-state index in [9.17, 15) is 8.42 Å². The standard InChI is InChI=1S/C18H23NO4S/c1-15(16-7-4-3-5-8-16)23-14-6-13-19-24(20,21)18-11-9-17(22-2)10-12-18/h3-5,7-12,15,19H,6,13-14H2,1-2H3. The van der Waals surface area contributed by atoms with Crippen molar-refractivity contribution >= 4 is 10.0 Å². The number of benzene rings is 2. The van der Waals surface area contributed by atoms with Gasteiger partial charge in [-0.2, -0.15) is 0 Å². The molecule has 2 aromatic rings. The van der Waals surface area contributed by atoms with Crippen LogP contribution in [0.5, 0.6) is 5.75 Å². The maximum absolute atomic E-state index is 12.2. The Kier molecular flexibility index (Phi) is 6.78. The Morgan fingerprint density at radius 1 is 1.04 bits per heavy atom. The number of sulfonamides is 1. The molecule has 5 nitrogen and oxygen atoms in total. The SMILES string of the molecule is COc1ccc(S(=O)(=O)NCCCOC(C)c2ccccc2)cc1. The van der Waals surface area contributed by atoms with Crippen LogP contribution in [0.4, 0.5) is 0 Å². The predicted molar refractivity (Wildman–Crippen MR) is 93.6 cm³/mol. The Balaban J connectivity index is 1.74. The van der Waals surface area contributed by atoms with Gasteiger partial charge in [0.25, 0.3) is 0 Å². The molecule has 0 amide bonds. The highest BCUT2D eigenvalue weighted by Crippen LogP contribution is 2.16. The molecule has 0 aromatic heterocycles. The van der Waals surface area contributed by atoms with E-state index < -0.39 is 10.0 Å². The number of methoxy groups -OCH3 is 1. The molecule has 1 N–H and O–H groups in total. The second-order valence-electron chi connectivity index (χ2n) is 5.35. The average molecular weight is 349 g/mol. The number of rotatable bonds is 9. The lowest BCUT2D eigenvalue weighted by molar-refractivity contribution is 0.0647. The minimum absolute atomic E-state index is 0.00982. The van der Waals surface area contributed by atoms with E-state index in [4.69, 9.17) is 9.47 Å². The molecule has 24 heavy (non-hydrogen) atoms. The maximum Gasteiger partial charge on any atom is 0.240 e. The van der Waals surface area contributed by atoms with Crippen molar-refractivity contribution in [1.82, 2.24) is 4.72 Å². The van der Waals surface area contributed by atoms with E-state index in [1.807, 2.05) is 37.3 Å². The summed E-state index contributed by atoms with van der Waals surface area (Å²) in [5.74, 6) is 0.622. The van der Waals surface area contributed by atoms with Gasteiger partial charge in [-0.25, -0.2) is 13.1 Å². The summed E-state index contributed by atoms with van der Waals surface area (Å²) in [7, 11) is -1.96. The van der Waals surface area contributed by atoms with E-state index in [1.165, 1.54) is 19.2 Å². The molecule has 0 aliphatic heterocycles. The van der Waals surface area contributed by atoms with Crippen LogP contribution in [0.25, 0.3) is 0 Å². The van der Waals surface area contributed by atoms with Crippen LogP contribution in [-0.2, 0) is 14.8 Å². The van der Waals surface area contributed by atoms with Crippen LogP contribution in [0, 0.1) is 0 Å². The van der Waals surface area contributed by atoms with Crippen molar-refractivity contribution in [2.24, 2.45) is 0 Å². The van der Waals surface area contributed by atoms with Crippen LogP contribution < -0.4 is 9.46 Å². The number of hydrogen-bond acceptors (Lipinski definition) is 4. The summed E-state index contributed by atoms with van der Waals surface area (Å²) in [6, 6.07) is 16.2. The molecule has 1 unspecified atom stereocenters. The van der Waals surface area contributed by atoms with Crippen LogP contribution in [0.2, 0.25) is 0 Å². The van der Waals surface area contributed by atoms with Crippen LogP contribution in [0.3, 0.4) is 0 Å². The number of ether oxygens (including phenoxy) is 2. The molecule has 1 atom stereocenters. The fourth-order valence-corrected chi connectivity index (χ4v) is 3.27. The zero-order valence-corrected chi connectivity index (χ0v) is 14.8. The van der Waals surface area contributed by atoms with Crippen molar-refractivity contribution in [2.45, 2.75) is 24.3 Å². The summed E-state index contributed by atoms with van der Waals surface area (Å²) in [6.45, 7) is 2.80. The summed E-state index contributed by atoms with van der Waals surface area (Å²) in [5, 5.41) is 0. The van der Waals surface area contributed by atoms with Gasteiger partial charge in [-0.15, -0.1) is 0 Å². The van der Waals surface area contributed by atoms with Crippen molar-refractivity contribution in [1.29, 1.82) is 0 Å². The highest BCUT2D eigenvalue weighted by atomic mass is 32.2. The zero-order valence-electron chi connectivity index (χ0n) is 13.9. The number of hydrogen-bond donors (Lipinski definition) is 1. The molecule has 0 spiro atoms. The van der Waals surface area contributed by atoms with E-state index in [0.717, 1.165) is 5.56 Å². The van der Waals surface area contributed by atoms with Crippen LogP contribution in [-0.4, -0.2) is 28.7 Å². The van der Waals surface area contributed by atoms with Gasteiger partial charge < -0.3 is 9.47 Å². The smallest absolute Gasteiger partial charge is 0.240 e. The third-order valence-electron chi connectivity index (χ3n) is 3.62. The summed E-state index contributed by atoms with van der Waals surface area (Å²) in [4.78, 5) is 0.224. The monoisotopic (exact) mass is 349 g/mol. The van der Waals surface area contributed by atoms with Gasteiger partial charge in [-0.1, -0.05) is 30.3 Å². The third-order valence-corrected chi connectivity index (χ3v) is 5.10. The second kappa shape index (κ2) is 8.82. The topological polar surface area (TPSA) is 64.6 Å². The molecule has 2 rings (SSSR count). The Bertz CT molecular complexity index is 714. The Morgan fingerprint density at radius 3 is 2.33 bits per heavy atom. The molecular weight excluding hydrogens is 326 g/mol. The number of nitrogens with one attached hydrogen (secondary N) is 1. The van der Waals surface area contributed by atoms with E-state index in [0.29, 0.717) is 25.3 Å². The highest BCUT2D eigenvalue weighted by molar-refractivity contribution is 7.89. The minimum atomic E-state index is -3.50. The first-order valence-electron chi connectivity index (χ1n) is 7.83.